The normalized spacial score (nSPS) is 26.4. The standard InChI is InChI=1S/C12H26N5O4P/c1-3-6-15-10(19)9(8(2)18)16-22(21)12(13)5-4-7-17(14)11(12)20/h8-9,18,22H,3-7,13-14H2,1-2H3,(H,15,19)(H,16,21)/t8?,9?,12-/m0/s1. The van der Waals surface area contributed by atoms with Crippen LogP contribution in [0.15, 0.2) is 0 Å². The zero-order valence-corrected chi connectivity index (χ0v) is 14.0. The van der Waals surface area contributed by atoms with Crippen molar-refractivity contribution in [3.05, 3.63) is 0 Å². The first-order valence-corrected chi connectivity index (χ1v) is 8.77. The molecule has 128 valence electrons. The maximum Gasteiger partial charge on any atom is 0.265 e. The van der Waals surface area contributed by atoms with E-state index in [0.717, 1.165) is 11.4 Å². The van der Waals surface area contributed by atoms with Crippen molar-refractivity contribution in [2.45, 2.75) is 50.5 Å². The Kier molecular flexibility index (Phi) is 6.96. The zero-order chi connectivity index (χ0) is 16.9. The fourth-order valence-electron chi connectivity index (χ4n) is 2.24. The van der Waals surface area contributed by atoms with Gasteiger partial charge in [-0.05, 0) is 26.2 Å². The third kappa shape index (κ3) is 4.27. The summed E-state index contributed by atoms with van der Waals surface area (Å²) in [5, 5.41) is 14.2. The first-order valence-electron chi connectivity index (χ1n) is 7.36. The van der Waals surface area contributed by atoms with Gasteiger partial charge in [0.1, 0.15) is 6.04 Å². The van der Waals surface area contributed by atoms with Crippen LogP contribution in [0.3, 0.4) is 0 Å². The van der Waals surface area contributed by atoms with Crippen molar-refractivity contribution in [2.75, 3.05) is 13.1 Å². The number of nitrogens with one attached hydrogen (secondary N) is 2. The summed E-state index contributed by atoms with van der Waals surface area (Å²) in [6.45, 7) is 4.08. The molecule has 0 radical (unpaired) electrons. The van der Waals surface area contributed by atoms with E-state index >= 15 is 0 Å². The molecule has 0 aromatic heterocycles. The maximum absolute atomic E-state index is 12.5. The largest absolute Gasteiger partial charge is 0.391 e. The number of rotatable bonds is 7. The molecule has 0 aliphatic carbocycles. The van der Waals surface area contributed by atoms with E-state index in [-0.39, 0.29) is 6.42 Å². The van der Waals surface area contributed by atoms with E-state index in [9.17, 15) is 19.3 Å². The van der Waals surface area contributed by atoms with Crippen LogP contribution in [-0.4, -0.2) is 52.4 Å². The van der Waals surface area contributed by atoms with E-state index in [1.54, 1.807) is 0 Å². The van der Waals surface area contributed by atoms with Crippen LogP contribution in [0.5, 0.6) is 0 Å². The third-order valence-electron chi connectivity index (χ3n) is 3.62. The second kappa shape index (κ2) is 8.03. The molecule has 2 amide bonds. The van der Waals surface area contributed by atoms with Crippen molar-refractivity contribution < 1.29 is 19.3 Å². The number of aliphatic hydroxyl groups is 1. The quantitative estimate of drug-likeness (QED) is 0.215. The molecule has 4 atom stereocenters. The van der Waals surface area contributed by atoms with E-state index in [0.29, 0.717) is 19.5 Å². The van der Waals surface area contributed by atoms with Crippen LogP contribution in [-0.2, 0) is 14.2 Å². The highest BCUT2D eigenvalue weighted by molar-refractivity contribution is 7.45. The predicted molar refractivity (Wildman–Crippen MR) is 83.0 cm³/mol. The topological polar surface area (TPSA) is 151 Å². The summed E-state index contributed by atoms with van der Waals surface area (Å²) in [4.78, 5) is 24.1. The van der Waals surface area contributed by atoms with Gasteiger partial charge in [-0.3, -0.25) is 19.7 Å². The maximum atomic E-state index is 12.5. The Morgan fingerprint density at radius 2 is 2.23 bits per heavy atom. The van der Waals surface area contributed by atoms with Crippen molar-refractivity contribution in [2.24, 2.45) is 11.6 Å². The summed E-state index contributed by atoms with van der Waals surface area (Å²) in [7, 11) is -2.90. The predicted octanol–water partition coefficient (Wildman–Crippen LogP) is -1.52. The number of hydrogen-bond donors (Lipinski definition) is 5. The minimum absolute atomic E-state index is 0.216. The molecule has 1 fully saturated rings. The van der Waals surface area contributed by atoms with E-state index in [4.69, 9.17) is 11.6 Å². The second-order valence-electron chi connectivity index (χ2n) is 5.56. The summed E-state index contributed by atoms with van der Waals surface area (Å²) < 4.78 is 12.5. The van der Waals surface area contributed by atoms with Gasteiger partial charge in [0.15, 0.2) is 13.2 Å². The molecule has 1 aliphatic heterocycles. The molecule has 0 aromatic rings. The van der Waals surface area contributed by atoms with Gasteiger partial charge in [-0.25, -0.2) is 5.84 Å². The lowest BCUT2D eigenvalue weighted by Gasteiger charge is -2.37. The molecule has 1 saturated heterocycles. The smallest absolute Gasteiger partial charge is 0.265 e. The molecule has 0 spiro atoms. The monoisotopic (exact) mass is 335 g/mol. The van der Waals surface area contributed by atoms with E-state index < -0.39 is 37.2 Å². The van der Waals surface area contributed by atoms with Gasteiger partial charge < -0.3 is 20.7 Å². The summed E-state index contributed by atoms with van der Waals surface area (Å²) in [5.74, 6) is 4.44. The minimum Gasteiger partial charge on any atom is -0.391 e. The highest BCUT2D eigenvalue weighted by atomic mass is 31.1. The average molecular weight is 335 g/mol. The number of carbonyl (C=O) groups is 2. The lowest BCUT2D eigenvalue weighted by molar-refractivity contribution is -0.137. The van der Waals surface area contributed by atoms with Crippen LogP contribution in [0, 0.1) is 0 Å². The second-order valence-corrected chi connectivity index (χ2v) is 7.40. The summed E-state index contributed by atoms with van der Waals surface area (Å²) >= 11 is 0. The lowest BCUT2D eigenvalue weighted by atomic mass is 10.1. The fraction of sp³-hybridized carbons (Fsp3) is 0.833. The van der Waals surface area contributed by atoms with Crippen LogP contribution >= 0.6 is 7.95 Å². The first kappa shape index (κ1) is 19.1. The molecule has 9 nitrogen and oxygen atoms in total. The van der Waals surface area contributed by atoms with Crippen molar-refractivity contribution in [3.8, 4) is 0 Å². The Morgan fingerprint density at radius 1 is 1.59 bits per heavy atom. The number of hydrazine groups is 1. The van der Waals surface area contributed by atoms with Gasteiger partial charge >= 0.3 is 0 Å². The molecular formula is C12H26N5O4P. The van der Waals surface area contributed by atoms with Crippen molar-refractivity contribution in [1.82, 2.24) is 15.4 Å². The molecule has 1 aliphatic rings. The van der Waals surface area contributed by atoms with Gasteiger partial charge in [-0.1, -0.05) is 6.92 Å². The molecule has 1 heterocycles. The van der Waals surface area contributed by atoms with Crippen molar-refractivity contribution in [3.63, 3.8) is 0 Å². The molecule has 0 saturated carbocycles. The summed E-state index contributed by atoms with van der Waals surface area (Å²) in [6, 6.07) is -1.10. The highest BCUT2D eigenvalue weighted by Gasteiger charge is 2.46. The van der Waals surface area contributed by atoms with Crippen LogP contribution in [0.25, 0.3) is 0 Å². The molecule has 0 bridgehead atoms. The number of carbonyl (C=O) groups excluding carboxylic acids is 2. The van der Waals surface area contributed by atoms with E-state index in [2.05, 4.69) is 10.4 Å². The van der Waals surface area contributed by atoms with Crippen LogP contribution in [0.1, 0.15) is 33.1 Å². The van der Waals surface area contributed by atoms with Crippen molar-refractivity contribution >= 4 is 19.8 Å². The van der Waals surface area contributed by atoms with Crippen LogP contribution < -0.4 is 22.0 Å². The Labute approximate surface area is 130 Å². The van der Waals surface area contributed by atoms with E-state index in [1.807, 2.05) is 6.92 Å². The molecule has 7 N–H and O–H groups in total. The van der Waals surface area contributed by atoms with Crippen molar-refractivity contribution in [1.29, 1.82) is 0 Å². The summed E-state index contributed by atoms with van der Waals surface area (Å²) in [6.07, 6.45) is 0.391. The molecular weight excluding hydrogens is 309 g/mol. The number of piperidine rings is 1. The third-order valence-corrected chi connectivity index (χ3v) is 5.47. The first-order chi connectivity index (χ1) is 10.2. The van der Waals surface area contributed by atoms with Crippen LogP contribution in [0.4, 0.5) is 0 Å². The summed E-state index contributed by atoms with van der Waals surface area (Å²) in [5.41, 5.74) is 5.97. The number of amides is 2. The zero-order valence-electron chi connectivity index (χ0n) is 13.0. The van der Waals surface area contributed by atoms with Gasteiger partial charge in [0.25, 0.3) is 5.91 Å². The Hall–Kier alpha value is -0.990. The molecule has 3 unspecified atom stereocenters. The number of nitrogens with two attached hydrogens (primary N) is 2. The Bertz CT molecular complexity index is 447. The van der Waals surface area contributed by atoms with Gasteiger partial charge in [-0.2, -0.15) is 0 Å². The fourth-order valence-corrected chi connectivity index (χ4v) is 3.89. The van der Waals surface area contributed by atoms with Gasteiger partial charge in [0.2, 0.25) is 5.91 Å². The molecule has 1 rings (SSSR count). The highest BCUT2D eigenvalue weighted by Crippen LogP contribution is 2.39. The Balaban J connectivity index is 2.82. The molecule has 10 heteroatoms. The number of aliphatic hydroxyl groups excluding tert-OH is 1. The average Bonchev–Trinajstić information content (AvgIpc) is 2.47. The van der Waals surface area contributed by atoms with Crippen LogP contribution in [0.2, 0.25) is 0 Å². The SMILES string of the molecule is CCCNC(=O)C(N[PH](=O)[C@@]1(N)CCCN(N)C1=O)C(C)O. The lowest BCUT2D eigenvalue weighted by Crippen LogP contribution is -2.61. The molecule has 22 heavy (non-hydrogen) atoms. The van der Waals surface area contributed by atoms with Gasteiger partial charge in [-0.15, -0.1) is 0 Å². The number of hydrogen-bond acceptors (Lipinski definition) is 6. The van der Waals surface area contributed by atoms with Gasteiger partial charge in [0, 0.05) is 13.1 Å². The molecule has 0 aromatic carbocycles. The minimum atomic E-state index is -2.90. The Morgan fingerprint density at radius 3 is 2.77 bits per heavy atom. The van der Waals surface area contributed by atoms with Gasteiger partial charge in [0.05, 0.1) is 6.10 Å². The van der Waals surface area contributed by atoms with E-state index in [1.165, 1.54) is 6.92 Å². The number of nitrogens with zero attached hydrogens (tertiary/aromatic N) is 1.